The lowest BCUT2D eigenvalue weighted by Gasteiger charge is -2.39. The van der Waals surface area contributed by atoms with Gasteiger partial charge in [0.25, 0.3) is 0 Å². The highest BCUT2D eigenvalue weighted by Gasteiger charge is 2.36. The molecule has 8 heteroatoms. The SMILES string of the molecule is CCS(=O)(=O)N1CCN(Cc2cccs2)CC1c1nc2ccccc2[nH]1. The van der Waals surface area contributed by atoms with Crippen LogP contribution in [0.25, 0.3) is 11.0 Å². The Kier molecular flexibility index (Phi) is 4.83. The minimum Gasteiger partial charge on any atom is -0.341 e. The molecule has 3 aromatic rings. The Labute approximate surface area is 157 Å². The summed E-state index contributed by atoms with van der Waals surface area (Å²) in [6, 6.07) is 11.7. The van der Waals surface area contributed by atoms with E-state index in [1.165, 1.54) is 4.88 Å². The van der Waals surface area contributed by atoms with Crippen molar-refractivity contribution in [2.75, 3.05) is 25.4 Å². The number of nitrogens with zero attached hydrogens (tertiary/aromatic N) is 3. The number of imidazole rings is 1. The molecule has 138 valence electrons. The van der Waals surface area contributed by atoms with Crippen LogP contribution >= 0.6 is 11.3 Å². The van der Waals surface area contributed by atoms with Crippen molar-refractivity contribution in [1.29, 1.82) is 0 Å². The molecule has 1 saturated heterocycles. The van der Waals surface area contributed by atoms with Crippen molar-refractivity contribution >= 4 is 32.4 Å². The molecule has 0 spiro atoms. The van der Waals surface area contributed by atoms with Gasteiger partial charge in [-0.15, -0.1) is 11.3 Å². The van der Waals surface area contributed by atoms with Gasteiger partial charge in [0, 0.05) is 31.1 Å². The van der Waals surface area contributed by atoms with E-state index in [0.717, 1.165) is 29.9 Å². The number of hydrogen-bond acceptors (Lipinski definition) is 5. The minimum absolute atomic E-state index is 0.106. The number of benzene rings is 1. The highest BCUT2D eigenvalue weighted by molar-refractivity contribution is 7.89. The maximum absolute atomic E-state index is 12.6. The smallest absolute Gasteiger partial charge is 0.214 e. The number of H-pyrrole nitrogens is 1. The Hall–Kier alpha value is -1.74. The fraction of sp³-hybridized carbons (Fsp3) is 0.389. The number of hydrogen-bond donors (Lipinski definition) is 1. The fourth-order valence-corrected chi connectivity index (χ4v) is 5.43. The van der Waals surface area contributed by atoms with Gasteiger partial charge in [-0.1, -0.05) is 18.2 Å². The molecule has 1 aliphatic heterocycles. The molecule has 3 heterocycles. The lowest BCUT2D eigenvalue weighted by atomic mass is 10.2. The summed E-state index contributed by atoms with van der Waals surface area (Å²) in [6.45, 7) is 4.39. The van der Waals surface area contributed by atoms with E-state index in [4.69, 9.17) is 0 Å². The number of thiophene rings is 1. The van der Waals surface area contributed by atoms with E-state index >= 15 is 0 Å². The lowest BCUT2D eigenvalue weighted by Crippen LogP contribution is -2.50. The Bertz CT molecular complexity index is 949. The van der Waals surface area contributed by atoms with E-state index in [1.54, 1.807) is 22.6 Å². The van der Waals surface area contributed by atoms with E-state index in [2.05, 4.69) is 32.4 Å². The molecule has 0 saturated carbocycles. The second-order valence-corrected chi connectivity index (χ2v) is 9.72. The Morgan fingerprint density at radius 3 is 2.81 bits per heavy atom. The zero-order chi connectivity index (χ0) is 18.1. The molecule has 0 radical (unpaired) electrons. The predicted molar refractivity (Wildman–Crippen MR) is 105 cm³/mol. The first-order chi connectivity index (χ1) is 12.6. The zero-order valence-electron chi connectivity index (χ0n) is 14.6. The average Bonchev–Trinajstić information content (AvgIpc) is 3.30. The second-order valence-electron chi connectivity index (χ2n) is 6.48. The molecule has 1 fully saturated rings. The summed E-state index contributed by atoms with van der Waals surface area (Å²) in [7, 11) is -3.29. The van der Waals surface area contributed by atoms with E-state index in [1.807, 2.05) is 24.3 Å². The van der Waals surface area contributed by atoms with Gasteiger partial charge in [-0.3, -0.25) is 4.90 Å². The summed E-state index contributed by atoms with van der Waals surface area (Å²) in [4.78, 5) is 11.6. The van der Waals surface area contributed by atoms with E-state index in [-0.39, 0.29) is 11.8 Å². The van der Waals surface area contributed by atoms with Crippen LogP contribution in [0.2, 0.25) is 0 Å². The summed E-state index contributed by atoms with van der Waals surface area (Å²) in [5, 5.41) is 2.07. The van der Waals surface area contributed by atoms with Crippen LogP contribution < -0.4 is 0 Å². The van der Waals surface area contributed by atoms with E-state index in [9.17, 15) is 8.42 Å². The van der Waals surface area contributed by atoms with Crippen molar-refractivity contribution in [2.24, 2.45) is 0 Å². The fourth-order valence-electron chi connectivity index (χ4n) is 3.44. The Balaban J connectivity index is 1.66. The summed E-state index contributed by atoms with van der Waals surface area (Å²) in [5.41, 5.74) is 1.80. The number of rotatable bonds is 5. The van der Waals surface area contributed by atoms with E-state index < -0.39 is 10.0 Å². The third-order valence-corrected chi connectivity index (χ3v) is 7.56. The van der Waals surface area contributed by atoms with Gasteiger partial charge < -0.3 is 4.98 Å². The first-order valence-electron chi connectivity index (χ1n) is 8.76. The average molecular weight is 391 g/mol. The van der Waals surface area contributed by atoms with E-state index in [0.29, 0.717) is 13.1 Å². The third kappa shape index (κ3) is 3.42. The van der Waals surface area contributed by atoms with Crippen LogP contribution in [-0.2, 0) is 16.6 Å². The molecule has 1 aromatic carbocycles. The molecule has 1 atom stereocenters. The maximum atomic E-state index is 12.6. The van der Waals surface area contributed by atoms with Crippen molar-refractivity contribution in [3.05, 3.63) is 52.5 Å². The molecule has 6 nitrogen and oxygen atoms in total. The Morgan fingerprint density at radius 1 is 1.23 bits per heavy atom. The first-order valence-corrected chi connectivity index (χ1v) is 11.2. The molecule has 0 amide bonds. The van der Waals surface area contributed by atoms with Crippen molar-refractivity contribution in [2.45, 2.75) is 19.5 Å². The van der Waals surface area contributed by atoms with Crippen LogP contribution in [0, 0.1) is 0 Å². The number of para-hydroxylation sites is 2. The van der Waals surface area contributed by atoms with Gasteiger partial charge in [0.15, 0.2) is 0 Å². The zero-order valence-corrected chi connectivity index (χ0v) is 16.3. The highest BCUT2D eigenvalue weighted by Crippen LogP contribution is 2.29. The highest BCUT2D eigenvalue weighted by atomic mass is 32.2. The van der Waals surface area contributed by atoms with Gasteiger partial charge in [0.05, 0.1) is 22.8 Å². The standard InChI is InChI=1S/C18H22N4O2S2/c1-2-26(23,24)22-10-9-21(12-14-6-5-11-25-14)13-17(22)18-19-15-7-3-4-8-16(15)20-18/h3-8,11,17H,2,9-10,12-13H2,1H3,(H,19,20). The molecular weight excluding hydrogens is 368 g/mol. The molecule has 4 rings (SSSR count). The number of fused-ring (bicyclic) bond motifs is 1. The molecule has 26 heavy (non-hydrogen) atoms. The van der Waals surface area contributed by atoms with Crippen molar-refractivity contribution < 1.29 is 8.42 Å². The summed E-state index contributed by atoms with van der Waals surface area (Å²) >= 11 is 1.73. The Morgan fingerprint density at radius 2 is 2.08 bits per heavy atom. The lowest BCUT2D eigenvalue weighted by molar-refractivity contribution is 0.126. The normalized spacial score (nSPS) is 20.0. The van der Waals surface area contributed by atoms with Crippen molar-refractivity contribution in [1.82, 2.24) is 19.2 Å². The van der Waals surface area contributed by atoms with Crippen LogP contribution in [0.1, 0.15) is 23.7 Å². The van der Waals surface area contributed by atoms with Crippen molar-refractivity contribution in [3.8, 4) is 0 Å². The molecule has 0 aliphatic carbocycles. The van der Waals surface area contributed by atoms with Crippen LogP contribution in [0.4, 0.5) is 0 Å². The number of aromatic amines is 1. The summed E-state index contributed by atoms with van der Waals surface area (Å²) in [5.74, 6) is 0.827. The van der Waals surface area contributed by atoms with Crippen LogP contribution in [0.5, 0.6) is 0 Å². The van der Waals surface area contributed by atoms with Crippen LogP contribution in [-0.4, -0.2) is 53.0 Å². The molecule has 1 unspecified atom stereocenters. The van der Waals surface area contributed by atoms with Gasteiger partial charge in [0.2, 0.25) is 10.0 Å². The van der Waals surface area contributed by atoms with Gasteiger partial charge in [-0.2, -0.15) is 4.31 Å². The number of sulfonamides is 1. The largest absolute Gasteiger partial charge is 0.341 e. The molecule has 2 aromatic heterocycles. The monoisotopic (exact) mass is 390 g/mol. The molecule has 1 N–H and O–H groups in total. The molecule has 0 bridgehead atoms. The number of aromatic nitrogens is 2. The number of nitrogens with one attached hydrogen (secondary N) is 1. The summed E-state index contributed by atoms with van der Waals surface area (Å²) < 4.78 is 26.9. The van der Waals surface area contributed by atoms with Crippen molar-refractivity contribution in [3.63, 3.8) is 0 Å². The topological polar surface area (TPSA) is 69.3 Å². The molecular formula is C18H22N4O2S2. The van der Waals surface area contributed by atoms with Gasteiger partial charge >= 0.3 is 0 Å². The third-order valence-electron chi connectivity index (χ3n) is 4.82. The first kappa shape index (κ1) is 17.7. The van der Waals surface area contributed by atoms with Gasteiger partial charge in [-0.05, 0) is 30.5 Å². The minimum atomic E-state index is -3.29. The second kappa shape index (κ2) is 7.11. The van der Waals surface area contributed by atoms with Crippen LogP contribution in [0.3, 0.4) is 0 Å². The number of piperazine rings is 1. The van der Waals surface area contributed by atoms with Crippen LogP contribution in [0.15, 0.2) is 41.8 Å². The van der Waals surface area contributed by atoms with Gasteiger partial charge in [0.1, 0.15) is 5.82 Å². The molecule has 1 aliphatic rings. The van der Waals surface area contributed by atoms with Gasteiger partial charge in [-0.25, -0.2) is 13.4 Å². The predicted octanol–water partition coefficient (Wildman–Crippen LogP) is 2.83. The maximum Gasteiger partial charge on any atom is 0.214 e. The summed E-state index contributed by atoms with van der Waals surface area (Å²) in [6.07, 6.45) is 0. The quantitative estimate of drug-likeness (QED) is 0.727.